The maximum atomic E-state index is 12.7. The van der Waals surface area contributed by atoms with Crippen LogP contribution in [0.25, 0.3) is 10.7 Å². The second-order valence-electron chi connectivity index (χ2n) is 5.71. The number of nitrogens with zero attached hydrogens (tertiary/aromatic N) is 3. The van der Waals surface area contributed by atoms with E-state index in [1.54, 1.807) is 11.6 Å². The summed E-state index contributed by atoms with van der Waals surface area (Å²) in [5.74, 6) is -0.411. The number of ether oxygens (including phenoxy) is 1. The van der Waals surface area contributed by atoms with Crippen molar-refractivity contribution in [3.63, 3.8) is 0 Å². The zero-order valence-corrected chi connectivity index (χ0v) is 14.7. The SMILES string of the molecule is Nc1onc(-c2nccs2)c1C(=O)Nc1ccc(N2CCOCC2)cc1. The molecule has 0 radical (unpaired) electrons. The maximum Gasteiger partial charge on any atom is 0.263 e. The minimum atomic E-state index is -0.381. The van der Waals surface area contributed by atoms with Crippen molar-refractivity contribution in [1.29, 1.82) is 0 Å². The fraction of sp³-hybridized carbons (Fsp3) is 0.235. The molecule has 1 saturated heterocycles. The molecule has 8 nitrogen and oxygen atoms in total. The van der Waals surface area contributed by atoms with Gasteiger partial charge in [-0.15, -0.1) is 11.3 Å². The summed E-state index contributed by atoms with van der Waals surface area (Å²) < 4.78 is 10.4. The fourth-order valence-electron chi connectivity index (χ4n) is 2.78. The van der Waals surface area contributed by atoms with E-state index >= 15 is 0 Å². The van der Waals surface area contributed by atoms with Crippen LogP contribution in [0.5, 0.6) is 0 Å². The smallest absolute Gasteiger partial charge is 0.263 e. The fourth-order valence-corrected chi connectivity index (χ4v) is 3.40. The van der Waals surface area contributed by atoms with E-state index in [2.05, 4.69) is 20.4 Å². The van der Waals surface area contributed by atoms with Gasteiger partial charge in [-0.05, 0) is 24.3 Å². The lowest BCUT2D eigenvalue weighted by Crippen LogP contribution is -2.36. The predicted molar refractivity (Wildman–Crippen MR) is 99.5 cm³/mol. The van der Waals surface area contributed by atoms with Crippen LogP contribution in [0, 0.1) is 0 Å². The van der Waals surface area contributed by atoms with E-state index in [1.165, 1.54) is 11.3 Å². The first-order chi connectivity index (χ1) is 12.7. The van der Waals surface area contributed by atoms with Gasteiger partial charge < -0.3 is 25.2 Å². The number of hydrogen-bond donors (Lipinski definition) is 2. The van der Waals surface area contributed by atoms with Gasteiger partial charge in [-0.1, -0.05) is 5.16 Å². The molecule has 0 spiro atoms. The van der Waals surface area contributed by atoms with Gasteiger partial charge in [-0.25, -0.2) is 4.98 Å². The summed E-state index contributed by atoms with van der Waals surface area (Å²) in [6, 6.07) is 7.66. The summed E-state index contributed by atoms with van der Waals surface area (Å²) in [5, 5.41) is 9.08. The van der Waals surface area contributed by atoms with Crippen molar-refractivity contribution < 1.29 is 14.1 Å². The zero-order valence-electron chi connectivity index (χ0n) is 13.8. The molecule has 1 aromatic carbocycles. The van der Waals surface area contributed by atoms with Gasteiger partial charge in [0.05, 0.1) is 13.2 Å². The summed E-state index contributed by atoms with van der Waals surface area (Å²) in [6.45, 7) is 3.18. The number of benzene rings is 1. The van der Waals surface area contributed by atoms with E-state index in [4.69, 9.17) is 15.0 Å². The Bertz CT molecular complexity index is 886. The monoisotopic (exact) mass is 371 g/mol. The second-order valence-corrected chi connectivity index (χ2v) is 6.60. The van der Waals surface area contributed by atoms with Crippen molar-refractivity contribution in [2.24, 2.45) is 0 Å². The summed E-state index contributed by atoms with van der Waals surface area (Å²) in [7, 11) is 0. The third-order valence-corrected chi connectivity index (χ3v) is 4.86. The number of nitrogen functional groups attached to an aromatic ring is 1. The van der Waals surface area contributed by atoms with Gasteiger partial charge in [0.1, 0.15) is 10.6 Å². The van der Waals surface area contributed by atoms with Gasteiger partial charge in [-0.3, -0.25) is 4.79 Å². The Morgan fingerprint density at radius 2 is 2.00 bits per heavy atom. The van der Waals surface area contributed by atoms with E-state index in [1.807, 2.05) is 24.3 Å². The molecule has 1 aliphatic heterocycles. The van der Waals surface area contributed by atoms with Gasteiger partial charge in [0.2, 0.25) is 5.88 Å². The molecule has 2 aromatic heterocycles. The van der Waals surface area contributed by atoms with E-state index in [0.717, 1.165) is 32.0 Å². The van der Waals surface area contributed by atoms with Gasteiger partial charge in [0.25, 0.3) is 5.91 Å². The average molecular weight is 371 g/mol. The standard InChI is InChI=1S/C17H17N5O3S/c18-15-13(14(21-25-15)17-19-5-10-26-17)16(23)20-11-1-3-12(4-2-11)22-6-8-24-9-7-22/h1-5,10H,6-9,18H2,(H,20,23). The van der Waals surface area contributed by atoms with Crippen LogP contribution < -0.4 is 16.0 Å². The highest BCUT2D eigenvalue weighted by atomic mass is 32.1. The maximum absolute atomic E-state index is 12.7. The number of hydrogen-bond acceptors (Lipinski definition) is 8. The van der Waals surface area contributed by atoms with Crippen molar-refractivity contribution >= 4 is 34.5 Å². The summed E-state index contributed by atoms with van der Waals surface area (Å²) in [5.41, 5.74) is 8.09. The number of anilines is 3. The van der Waals surface area contributed by atoms with E-state index in [-0.39, 0.29) is 17.4 Å². The molecule has 3 heterocycles. The molecule has 1 aliphatic rings. The molecule has 0 aliphatic carbocycles. The highest BCUT2D eigenvalue weighted by molar-refractivity contribution is 7.13. The lowest BCUT2D eigenvalue weighted by Gasteiger charge is -2.28. The molecule has 3 N–H and O–H groups in total. The molecule has 0 saturated carbocycles. The van der Waals surface area contributed by atoms with Crippen LogP contribution in [-0.4, -0.2) is 42.4 Å². The van der Waals surface area contributed by atoms with Crippen molar-refractivity contribution in [1.82, 2.24) is 10.1 Å². The highest BCUT2D eigenvalue weighted by Crippen LogP contribution is 2.29. The first-order valence-corrected chi connectivity index (χ1v) is 8.99. The van der Waals surface area contributed by atoms with Gasteiger partial charge in [0, 0.05) is 36.0 Å². The van der Waals surface area contributed by atoms with Crippen LogP contribution in [0.4, 0.5) is 17.3 Å². The molecular weight excluding hydrogens is 354 g/mol. The van der Waals surface area contributed by atoms with Crippen LogP contribution in [0.3, 0.4) is 0 Å². The van der Waals surface area contributed by atoms with Gasteiger partial charge in [-0.2, -0.15) is 0 Å². The number of aromatic nitrogens is 2. The van der Waals surface area contributed by atoms with Gasteiger partial charge in [0.15, 0.2) is 5.69 Å². The molecule has 0 atom stereocenters. The predicted octanol–water partition coefficient (Wildman–Crippen LogP) is 2.47. The largest absolute Gasteiger partial charge is 0.378 e. The Labute approximate surface area is 153 Å². The zero-order chi connectivity index (χ0) is 17.9. The van der Waals surface area contributed by atoms with Crippen LogP contribution in [0.2, 0.25) is 0 Å². The van der Waals surface area contributed by atoms with Crippen molar-refractivity contribution in [3.05, 3.63) is 41.4 Å². The van der Waals surface area contributed by atoms with E-state index in [9.17, 15) is 4.79 Å². The normalized spacial score (nSPS) is 14.4. The number of rotatable bonds is 4. The van der Waals surface area contributed by atoms with Crippen molar-refractivity contribution in [3.8, 4) is 10.7 Å². The first kappa shape index (κ1) is 16.6. The second kappa shape index (κ2) is 7.14. The third-order valence-electron chi connectivity index (χ3n) is 4.08. The Balaban J connectivity index is 1.51. The highest BCUT2D eigenvalue weighted by Gasteiger charge is 2.24. The minimum absolute atomic E-state index is 0.0300. The molecule has 1 fully saturated rings. The molecular formula is C17H17N5O3S. The number of nitrogens with one attached hydrogen (secondary N) is 1. The molecule has 0 unspecified atom stereocenters. The Morgan fingerprint density at radius 3 is 2.69 bits per heavy atom. The number of morpholine rings is 1. The van der Waals surface area contributed by atoms with E-state index in [0.29, 0.717) is 16.4 Å². The molecule has 26 heavy (non-hydrogen) atoms. The molecule has 9 heteroatoms. The van der Waals surface area contributed by atoms with Crippen LogP contribution in [0.15, 0.2) is 40.4 Å². The summed E-state index contributed by atoms with van der Waals surface area (Å²) >= 11 is 1.36. The van der Waals surface area contributed by atoms with Gasteiger partial charge >= 0.3 is 0 Å². The molecule has 3 aromatic rings. The minimum Gasteiger partial charge on any atom is -0.378 e. The lowest BCUT2D eigenvalue weighted by molar-refractivity contribution is 0.102. The lowest BCUT2D eigenvalue weighted by atomic mass is 10.2. The molecule has 1 amide bonds. The average Bonchev–Trinajstić information content (AvgIpc) is 3.32. The number of thiazole rings is 1. The summed E-state index contributed by atoms with van der Waals surface area (Å²) in [4.78, 5) is 19.1. The van der Waals surface area contributed by atoms with Crippen LogP contribution >= 0.6 is 11.3 Å². The number of carbonyl (C=O) groups is 1. The van der Waals surface area contributed by atoms with Crippen LogP contribution in [-0.2, 0) is 4.74 Å². The Kier molecular flexibility index (Phi) is 4.55. The Morgan fingerprint density at radius 1 is 1.23 bits per heavy atom. The quantitative estimate of drug-likeness (QED) is 0.725. The summed E-state index contributed by atoms with van der Waals surface area (Å²) in [6.07, 6.45) is 1.64. The molecule has 0 bridgehead atoms. The molecule has 134 valence electrons. The first-order valence-electron chi connectivity index (χ1n) is 8.11. The third kappa shape index (κ3) is 3.26. The van der Waals surface area contributed by atoms with E-state index < -0.39 is 0 Å². The van der Waals surface area contributed by atoms with Crippen molar-refractivity contribution in [2.45, 2.75) is 0 Å². The number of amides is 1. The van der Waals surface area contributed by atoms with Crippen LogP contribution in [0.1, 0.15) is 10.4 Å². The number of carbonyl (C=O) groups excluding carboxylic acids is 1. The Hall–Kier alpha value is -2.91. The number of nitrogens with two attached hydrogens (primary N) is 1. The van der Waals surface area contributed by atoms with Crippen molar-refractivity contribution in [2.75, 3.05) is 42.3 Å². The topological polar surface area (TPSA) is 107 Å². The molecule has 4 rings (SSSR count).